The lowest BCUT2D eigenvalue weighted by Gasteiger charge is -2.16. The average Bonchev–Trinajstić information content (AvgIpc) is 3.22. The van der Waals surface area contributed by atoms with E-state index in [0.717, 1.165) is 18.1 Å². The maximum Gasteiger partial charge on any atom is 0.288 e. The molecule has 3 unspecified atom stereocenters. The van der Waals surface area contributed by atoms with E-state index in [1.165, 1.54) is 11.0 Å². The molecule has 8 nitrogen and oxygen atoms in total. The van der Waals surface area contributed by atoms with Crippen molar-refractivity contribution in [2.24, 2.45) is 5.73 Å². The van der Waals surface area contributed by atoms with Crippen LogP contribution in [0.25, 0.3) is 0 Å². The van der Waals surface area contributed by atoms with Gasteiger partial charge in [-0.2, -0.15) is 0 Å². The first-order chi connectivity index (χ1) is 11.1. The second kappa shape index (κ2) is 7.14. The molecule has 0 aliphatic carbocycles. The molecule has 2 aromatic rings. The molecule has 0 bridgehead atoms. The van der Waals surface area contributed by atoms with E-state index in [1.54, 1.807) is 0 Å². The second-order valence-electron chi connectivity index (χ2n) is 5.11. The average molecular weight is 336 g/mol. The Kier molecular flexibility index (Phi) is 4.97. The molecule has 1 fully saturated rings. The SMILES string of the molecule is NC(=O)c1ncn(C2CCC(COP(O)c3ccccc3)O2)n1. The van der Waals surface area contributed by atoms with E-state index in [9.17, 15) is 9.69 Å². The summed E-state index contributed by atoms with van der Waals surface area (Å²) in [6, 6.07) is 9.24. The molecule has 1 aromatic heterocycles. The van der Waals surface area contributed by atoms with E-state index >= 15 is 0 Å². The van der Waals surface area contributed by atoms with Crippen molar-refractivity contribution >= 4 is 19.6 Å². The smallest absolute Gasteiger partial charge is 0.288 e. The largest absolute Gasteiger partial charge is 0.363 e. The summed E-state index contributed by atoms with van der Waals surface area (Å²) in [5.74, 6) is -0.702. The highest BCUT2D eigenvalue weighted by molar-refractivity contribution is 7.55. The topological polar surface area (TPSA) is 112 Å². The highest BCUT2D eigenvalue weighted by Crippen LogP contribution is 2.34. The quantitative estimate of drug-likeness (QED) is 0.751. The van der Waals surface area contributed by atoms with E-state index in [0.29, 0.717) is 6.61 Å². The van der Waals surface area contributed by atoms with Gasteiger partial charge in [-0.3, -0.25) is 4.79 Å². The molecular formula is C14H17N4O4P. The van der Waals surface area contributed by atoms with Gasteiger partial charge in [0.25, 0.3) is 5.91 Å². The fourth-order valence-corrected chi connectivity index (χ4v) is 3.20. The highest BCUT2D eigenvalue weighted by atomic mass is 31.2. The van der Waals surface area contributed by atoms with E-state index in [4.69, 9.17) is 15.0 Å². The number of nitrogens with zero attached hydrogens (tertiary/aromatic N) is 3. The molecule has 3 rings (SSSR count). The molecular weight excluding hydrogens is 319 g/mol. The summed E-state index contributed by atoms with van der Waals surface area (Å²) >= 11 is 0. The van der Waals surface area contributed by atoms with Crippen molar-refractivity contribution < 1.29 is 18.9 Å². The van der Waals surface area contributed by atoms with Crippen molar-refractivity contribution in [2.45, 2.75) is 25.2 Å². The van der Waals surface area contributed by atoms with Crippen molar-refractivity contribution in [3.05, 3.63) is 42.5 Å². The zero-order valence-electron chi connectivity index (χ0n) is 12.3. The molecule has 9 heteroatoms. The number of primary amides is 1. The van der Waals surface area contributed by atoms with Gasteiger partial charge >= 0.3 is 0 Å². The number of hydrogen-bond acceptors (Lipinski definition) is 6. The van der Waals surface area contributed by atoms with Crippen LogP contribution in [0.5, 0.6) is 0 Å². The van der Waals surface area contributed by atoms with Gasteiger partial charge in [-0.1, -0.05) is 18.2 Å². The summed E-state index contributed by atoms with van der Waals surface area (Å²) in [4.78, 5) is 24.9. The predicted molar refractivity (Wildman–Crippen MR) is 82.9 cm³/mol. The van der Waals surface area contributed by atoms with Crippen LogP contribution in [0.2, 0.25) is 0 Å². The van der Waals surface area contributed by atoms with E-state index < -0.39 is 14.3 Å². The van der Waals surface area contributed by atoms with Crippen molar-refractivity contribution in [1.29, 1.82) is 0 Å². The van der Waals surface area contributed by atoms with Crippen molar-refractivity contribution in [3.63, 3.8) is 0 Å². The van der Waals surface area contributed by atoms with Crippen LogP contribution in [0.1, 0.15) is 29.7 Å². The van der Waals surface area contributed by atoms with Gasteiger partial charge in [-0.25, -0.2) is 9.67 Å². The van der Waals surface area contributed by atoms with Gasteiger partial charge in [0.1, 0.15) is 6.33 Å². The fraction of sp³-hybridized carbons (Fsp3) is 0.357. The summed E-state index contributed by atoms with van der Waals surface area (Å²) in [5, 5.41) is 4.75. The van der Waals surface area contributed by atoms with Crippen LogP contribution in [0.3, 0.4) is 0 Å². The molecule has 1 aliphatic rings. The number of nitrogens with two attached hydrogens (primary N) is 1. The molecule has 1 amide bonds. The van der Waals surface area contributed by atoms with Crippen LogP contribution in [-0.4, -0.2) is 38.3 Å². The third-order valence-electron chi connectivity index (χ3n) is 3.47. The molecule has 0 spiro atoms. The fourth-order valence-electron chi connectivity index (χ4n) is 2.31. The third kappa shape index (κ3) is 3.92. The minimum Gasteiger partial charge on any atom is -0.363 e. The molecule has 3 N–H and O–H groups in total. The second-order valence-corrected chi connectivity index (χ2v) is 6.43. The van der Waals surface area contributed by atoms with Gasteiger partial charge in [0.05, 0.1) is 12.7 Å². The first kappa shape index (κ1) is 16.0. The molecule has 122 valence electrons. The first-order valence-electron chi connectivity index (χ1n) is 7.17. The van der Waals surface area contributed by atoms with Gasteiger partial charge < -0.3 is 19.9 Å². The monoisotopic (exact) mass is 336 g/mol. The third-order valence-corrected chi connectivity index (χ3v) is 4.60. The van der Waals surface area contributed by atoms with Crippen LogP contribution < -0.4 is 11.0 Å². The zero-order chi connectivity index (χ0) is 16.2. The molecule has 1 saturated heterocycles. The Labute approximate surface area is 134 Å². The summed E-state index contributed by atoms with van der Waals surface area (Å²) in [6.45, 7) is 0.297. The number of carbonyl (C=O) groups is 1. The maximum absolute atomic E-state index is 11.0. The standard InChI is InChI=1S/C14H17N4O4P/c15-13(19)14-16-9-18(17-14)12-7-6-10(22-12)8-21-23(20)11-4-2-1-3-5-11/h1-5,9-10,12,20H,6-8H2,(H2,15,19). The van der Waals surface area contributed by atoms with Gasteiger partial charge in [-0.15, -0.1) is 5.10 Å². The lowest BCUT2D eigenvalue weighted by atomic mass is 10.2. The Morgan fingerprint density at radius 2 is 2.22 bits per heavy atom. The van der Waals surface area contributed by atoms with Crippen LogP contribution in [0.15, 0.2) is 36.7 Å². The van der Waals surface area contributed by atoms with Crippen LogP contribution >= 0.6 is 8.38 Å². The number of aromatic nitrogens is 3. The molecule has 0 radical (unpaired) electrons. The first-order valence-corrected chi connectivity index (χ1v) is 8.38. The number of amides is 1. The predicted octanol–water partition coefficient (Wildman–Crippen LogP) is 0.701. The van der Waals surface area contributed by atoms with Crippen LogP contribution in [0, 0.1) is 0 Å². The number of ether oxygens (including phenoxy) is 1. The Balaban J connectivity index is 1.50. The van der Waals surface area contributed by atoms with Gasteiger partial charge in [-0.05, 0) is 25.0 Å². The normalized spacial score (nSPS) is 22.1. The van der Waals surface area contributed by atoms with Gasteiger partial charge in [0.2, 0.25) is 14.2 Å². The summed E-state index contributed by atoms with van der Waals surface area (Å²) in [6.07, 6.45) is 2.49. The molecule has 2 heterocycles. The Hall–Kier alpha value is -1.86. The zero-order valence-corrected chi connectivity index (χ0v) is 13.2. The summed E-state index contributed by atoms with van der Waals surface area (Å²) in [7, 11) is -1.64. The van der Waals surface area contributed by atoms with E-state index in [2.05, 4.69) is 10.1 Å². The molecule has 1 aromatic carbocycles. The molecule has 1 aliphatic heterocycles. The minimum atomic E-state index is -1.64. The number of hydrogen-bond donors (Lipinski definition) is 2. The number of rotatable bonds is 6. The Morgan fingerprint density at radius 3 is 2.91 bits per heavy atom. The summed E-state index contributed by atoms with van der Waals surface area (Å²) in [5.41, 5.74) is 5.13. The molecule has 3 atom stereocenters. The maximum atomic E-state index is 11.0. The number of benzene rings is 1. The molecule has 23 heavy (non-hydrogen) atoms. The minimum absolute atomic E-state index is 0.0312. The highest BCUT2D eigenvalue weighted by Gasteiger charge is 2.28. The van der Waals surface area contributed by atoms with Crippen molar-refractivity contribution in [2.75, 3.05) is 6.61 Å². The summed E-state index contributed by atoms with van der Waals surface area (Å²) < 4.78 is 12.8. The van der Waals surface area contributed by atoms with Crippen LogP contribution in [-0.2, 0) is 9.26 Å². The molecule has 0 saturated carbocycles. The van der Waals surface area contributed by atoms with Crippen molar-refractivity contribution in [3.8, 4) is 0 Å². The van der Waals surface area contributed by atoms with Crippen LogP contribution in [0.4, 0.5) is 0 Å². The Morgan fingerprint density at radius 1 is 1.43 bits per heavy atom. The Bertz CT molecular complexity index is 666. The van der Waals surface area contributed by atoms with Crippen molar-refractivity contribution in [1.82, 2.24) is 14.8 Å². The lowest BCUT2D eigenvalue weighted by molar-refractivity contribution is -0.0233. The van der Waals surface area contributed by atoms with Gasteiger partial charge in [0.15, 0.2) is 6.23 Å². The van der Waals surface area contributed by atoms with E-state index in [-0.39, 0.29) is 18.2 Å². The van der Waals surface area contributed by atoms with Gasteiger partial charge in [0, 0.05) is 5.30 Å². The lowest BCUT2D eigenvalue weighted by Crippen LogP contribution is -2.18. The number of carbonyl (C=O) groups excluding carboxylic acids is 1. The van der Waals surface area contributed by atoms with E-state index in [1.807, 2.05) is 30.3 Å².